The molecule has 0 aliphatic rings. The molecule has 1 unspecified atom stereocenters. The first-order valence-electron chi connectivity index (χ1n) is 6.69. The Morgan fingerprint density at radius 1 is 0.947 bits per heavy atom. The van der Waals surface area contributed by atoms with E-state index in [1.165, 1.54) is 16.7 Å². The molecule has 2 aromatic rings. The summed E-state index contributed by atoms with van der Waals surface area (Å²) in [5, 5.41) is 3.43. The predicted octanol–water partition coefficient (Wildman–Crippen LogP) is 3.65. The van der Waals surface area contributed by atoms with Crippen LogP contribution < -0.4 is 5.32 Å². The summed E-state index contributed by atoms with van der Waals surface area (Å²) in [6, 6.07) is 19.5. The number of nitrogens with one attached hydrogen (secondary N) is 1. The topological polar surface area (TPSA) is 21.3 Å². The molecule has 0 amide bonds. The van der Waals surface area contributed by atoms with Crippen LogP contribution in [0.5, 0.6) is 0 Å². The van der Waals surface area contributed by atoms with E-state index in [1.807, 2.05) is 6.07 Å². The van der Waals surface area contributed by atoms with Gasteiger partial charge < -0.3 is 10.1 Å². The van der Waals surface area contributed by atoms with Crippen molar-refractivity contribution in [3.05, 3.63) is 60.2 Å². The molecule has 0 aromatic heterocycles. The fourth-order valence-electron chi connectivity index (χ4n) is 2.09. The Hall–Kier alpha value is -1.64. The smallest absolute Gasteiger partial charge is 0.0587 e. The molecule has 0 aliphatic heterocycles. The number of hydrogen-bond donors (Lipinski definition) is 1. The van der Waals surface area contributed by atoms with Gasteiger partial charge in [0.25, 0.3) is 0 Å². The minimum Gasteiger partial charge on any atom is -0.383 e. The molecule has 0 fully saturated rings. The van der Waals surface area contributed by atoms with Gasteiger partial charge in [-0.2, -0.15) is 0 Å². The number of hydrogen-bond acceptors (Lipinski definition) is 2. The van der Waals surface area contributed by atoms with E-state index in [1.54, 1.807) is 7.11 Å². The minimum absolute atomic E-state index is 0.347. The number of methoxy groups -OCH3 is 1. The van der Waals surface area contributed by atoms with Crippen LogP contribution in [-0.2, 0) is 4.74 Å². The first-order valence-corrected chi connectivity index (χ1v) is 6.69. The van der Waals surface area contributed by atoms with Crippen molar-refractivity contribution in [2.45, 2.75) is 13.0 Å². The van der Waals surface area contributed by atoms with Crippen molar-refractivity contribution in [1.82, 2.24) is 5.32 Å². The number of ether oxygens (including phenoxy) is 1. The predicted molar refractivity (Wildman–Crippen MR) is 80.2 cm³/mol. The van der Waals surface area contributed by atoms with Crippen LogP contribution in [0, 0.1) is 0 Å². The quantitative estimate of drug-likeness (QED) is 0.796. The molecular formula is C17H21NO. The number of benzene rings is 2. The summed E-state index contributed by atoms with van der Waals surface area (Å²) in [5.41, 5.74) is 3.82. The molecule has 0 radical (unpaired) electrons. The van der Waals surface area contributed by atoms with Gasteiger partial charge in [0, 0.05) is 19.7 Å². The van der Waals surface area contributed by atoms with Crippen LogP contribution in [0.25, 0.3) is 11.1 Å². The van der Waals surface area contributed by atoms with Gasteiger partial charge >= 0.3 is 0 Å². The monoisotopic (exact) mass is 255 g/mol. The molecule has 1 N–H and O–H groups in total. The fraction of sp³-hybridized carbons (Fsp3) is 0.294. The average molecular weight is 255 g/mol. The minimum atomic E-state index is 0.347. The van der Waals surface area contributed by atoms with Gasteiger partial charge in [0.05, 0.1) is 6.61 Å². The highest BCUT2D eigenvalue weighted by Crippen LogP contribution is 2.21. The van der Waals surface area contributed by atoms with Crippen molar-refractivity contribution in [2.24, 2.45) is 0 Å². The van der Waals surface area contributed by atoms with Crippen molar-refractivity contribution >= 4 is 0 Å². The third kappa shape index (κ3) is 3.91. The summed E-state index contributed by atoms with van der Waals surface area (Å²) in [4.78, 5) is 0. The van der Waals surface area contributed by atoms with Gasteiger partial charge in [-0.25, -0.2) is 0 Å². The van der Waals surface area contributed by atoms with E-state index in [-0.39, 0.29) is 0 Å². The second-order valence-electron chi connectivity index (χ2n) is 4.66. The summed E-state index contributed by atoms with van der Waals surface area (Å²) in [6.45, 7) is 3.79. The van der Waals surface area contributed by atoms with Gasteiger partial charge in [-0.05, 0) is 23.6 Å². The second kappa shape index (κ2) is 7.07. The Kier molecular flexibility index (Phi) is 5.13. The van der Waals surface area contributed by atoms with Crippen molar-refractivity contribution in [1.29, 1.82) is 0 Å². The lowest BCUT2D eigenvalue weighted by Crippen LogP contribution is -2.22. The van der Waals surface area contributed by atoms with Gasteiger partial charge in [0.2, 0.25) is 0 Å². The molecule has 100 valence electrons. The molecule has 0 saturated heterocycles. The van der Waals surface area contributed by atoms with Gasteiger partial charge in [0.1, 0.15) is 0 Å². The fourth-order valence-corrected chi connectivity index (χ4v) is 2.09. The zero-order valence-electron chi connectivity index (χ0n) is 11.6. The van der Waals surface area contributed by atoms with E-state index in [2.05, 4.69) is 60.8 Å². The summed E-state index contributed by atoms with van der Waals surface area (Å²) < 4.78 is 5.04. The lowest BCUT2D eigenvalue weighted by atomic mass is 10.0. The van der Waals surface area contributed by atoms with Crippen molar-refractivity contribution in [3.8, 4) is 11.1 Å². The average Bonchev–Trinajstić information content (AvgIpc) is 2.48. The first-order chi connectivity index (χ1) is 9.31. The summed E-state index contributed by atoms with van der Waals surface area (Å²) >= 11 is 0. The third-order valence-corrected chi connectivity index (χ3v) is 3.27. The van der Waals surface area contributed by atoms with Crippen LogP contribution in [0.15, 0.2) is 54.6 Å². The zero-order chi connectivity index (χ0) is 13.5. The molecular weight excluding hydrogens is 234 g/mol. The van der Waals surface area contributed by atoms with E-state index in [0.717, 1.165) is 13.2 Å². The molecule has 0 aliphatic carbocycles. The zero-order valence-corrected chi connectivity index (χ0v) is 11.6. The third-order valence-electron chi connectivity index (χ3n) is 3.27. The Morgan fingerprint density at radius 3 is 2.21 bits per heavy atom. The molecule has 2 aromatic carbocycles. The van der Waals surface area contributed by atoms with Gasteiger partial charge in [0.15, 0.2) is 0 Å². The highest BCUT2D eigenvalue weighted by atomic mass is 16.5. The van der Waals surface area contributed by atoms with Gasteiger partial charge in [-0.3, -0.25) is 0 Å². The Morgan fingerprint density at radius 2 is 1.58 bits per heavy atom. The van der Waals surface area contributed by atoms with Crippen molar-refractivity contribution < 1.29 is 4.74 Å². The van der Waals surface area contributed by atoms with Crippen LogP contribution >= 0.6 is 0 Å². The van der Waals surface area contributed by atoms with Crippen LogP contribution in [0.3, 0.4) is 0 Å². The summed E-state index contributed by atoms with van der Waals surface area (Å²) in [6.07, 6.45) is 0. The lowest BCUT2D eigenvalue weighted by Gasteiger charge is -2.14. The van der Waals surface area contributed by atoms with E-state index in [9.17, 15) is 0 Å². The van der Waals surface area contributed by atoms with Crippen molar-refractivity contribution in [3.63, 3.8) is 0 Å². The molecule has 2 nitrogen and oxygen atoms in total. The lowest BCUT2D eigenvalue weighted by molar-refractivity contribution is 0.196. The molecule has 0 heterocycles. The van der Waals surface area contributed by atoms with Gasteiger partial charge in [-0.15, -0.1) is 0 Å². The molecule has 19 heavy (non-hydrogen) atoms. The van der Waals surface area contributed by atoms with Crippen LogP contribution in [-0.4, -0.2) is 20.3 Å². The number of rotatable bonds is 6. The van der Waals surface area contributed by atoms with E-state index in [4.69, 9.17) is 4.74 Å². The van der Waals surface area contributed by atoms with Crippen LogP contribution in [0.4, 0.5) is 0 Å². The Balaban J connectivity index is 2.02. The normalized spacial score (nSPS) is 12.3. The standard InChI is InChI=1S/C17H21NO/c1-14(18-12-13-19-2)15-8-10-17(11-9-15)16-6-4-3-5-7-16/h3-11,14,18H,12-13H2,1-2H3. The van der Waals surface area contributed by atoms with E-state index >= 15 is 0 Å². The Bertz CT molecular complexity index is 478. The van der Waals surface area contributed by atoms with E-state index < -0.39 is 0 Å². The van der Waals surface area contributed by atoms with Crippen LogP contribution in [0.1, 0.15) is 18.5 Å². The molecule has 0 bridgehead atoms. The molecule has 1 atom stereocenters. The van der Waals surface area contributed by atoms with Gasteiger partial charge in [-0.1, -0.05) is 54.6 Å². The summed E-state index contributed by atoms with van der Waals surface area (Å²) in [7, 11) is 1.72. The maximum absolute atomic E-state index is 5.04. The van der Waals surface area contributed by atoms with E-state index in [0.29, 0.717) is 6.04 Å². The molecule has 0 saturated carbocycles. The summed E-state index contributed by atoms with van der Waals surface area (Å²) in [5.74, 6) is 0. The second-order valence-corrected chi connectivity index (χ2v) is 4.66. The molecule has 2 rings (SSSR count). The molecule has 2 heteroatoms. The Labute approximate surface area is 115 Å². The van der Waals surface area contributed by atoms with Crippen LogP contribution in [0.2, 0.25) is 0 Å². The maximum atomic E-state index is 5.04. The molecule has 0 spiro atoms. The maximum Gasteiger partial charge on any atom is 0.0587 e. The largest absolute Gasteiger partial charge is 0.383 e. The first kappa shape index (κ1) is 13.8. The van der Waals surface area contributed by atoms with Crippen molar-refractivity contribution in [2.75, 3.05) is 20.3 Å². The highest BCUT2D eigenvalue weighted by molar-refractivity contribution is 5.63. The highest BCUT2D eigenvalue weighted by Gasteiger charge is 2.04. The SMILES string of the molecule is COCCNC(C)c1ccc(-c2ccccc2)cc1.